The van der Waals surface area contributed by atoms with Crippen molar-refractivity contribution >= 4 is 19.9 Å². The standard InChI is InChI=1S/C13H23N3O2Si/c1-14-7-8-15-12-6-4-5-11(9-12)13(17)16-10-19(2,3)18/h4-6,9,14-15,18H,7-8,10H2,1-3H3,(H,16,17). The number of carbonyl (C=O) groups excluding carboxylic acids is 1. The van der Waals surface area contributed by atoms with Gasteiger partial charge in [0, 0.05) is 30.5 Å². The molecule has 106 valence electrons. The molecule has 1 aromatic carbocycles. The molecule has 0 saturated carbocycles. The summed E-state index contributed by atoms with van der Waals surface area (Å²) in [5.74, 6) is -0.146. The Hall–Kier alpha value is -1.37. The summed E-state index contributed by atoms with van der Waals surface area (Å²) in [4.78, 5) is 21.6. The lowest BCUT2D eigenvalue weighted by Crippen LogP contribution is -2.42. The van der Waals surface area contributed by atoms with Crippen molar-refractivity contribution in [2.24, 2.45) is 0 Å². The molecular weight excluding hydrogens is 258 g/mol. The molecule has 0 aromatic heterocycles. The van der Waals surface area contributed by atoms with Crippen molar-refractivity contribution in [3.63, 3.8) is 0 Å². The van der Waals surface area contributed by atoms with Gasteiger partial charge >= 0.3 is 0 Å². The number of hydrogen-bond donors (Lipinski definition) is 4. The molecule has 0 bridgehead atoms. The number of benzene rings is 1. The van der Waals surface area contributed by atoms with Crippen molar-refractivity contribution in [3.05, 3.63) is 29.8 Å². The molecule has 0 saturated heterocycles. The van der Waals surface area contributed by atoms with E-state index in [0.717, 1.165) is 18.8 Å². The third-order valence-corrected chi connectivity index (χ3v) is 3.55. The third-order valence-electron chi connectivity index (χ3n) is 2.51. The zero-order chi connectivity index (χ0) is 14.3. The first kappa shape index (κ1) is 15.7. The van der Waals surface area contributed by atoms with Gasteiger partial charge in [0.1, 0.15) is 0 Å². The summed E-state index contributed by atoms with van der Waals surface area (Å²) in [5.41, 5.74) is 1.52. The average molecular weight is 281 g/mol. The van der Waals surface area contributed by atoms with Crippen LogP contribution in [0.3, 0.4) is 0 Å². The summed E-state index contributed by atoms with van der Waals surface area (Å²) in [6.07, 6.45) is 0.364. The molecule has 0 atom stereocenters. The van der Waals surface area contributed by atoms with Gasteiger partial charge in [-0.25, -0.2) is 0 Å². The molecule has 0 aliphatic rings. The van der Waals surface area contributed by atoms with Gasteiger partial charge < -0.3 is 20.7 Å². The fourth-order valence-electron chi connectivity index (χ4n) is 1.50. The maximum atomic E-state index is 11.9. The highest BCUT2D eigenvalue weighted by Crippen LogP contribution is 2.10. The number of carbonyl (C=O) groups is 1. The van der Waals surface area contributed by atoms with E-state index in [1.807, 2.05) is 25.2 Å². The van der Waals surface area contributed by atoms with Crippen LogP contribution in [0.15, 0.2) is 24.3 Å². The van der Waals surface area contributed by atoms with Crippen molar-refractivity contribution in [1.82, 2.24) is 10.6 Å². The summed E-state index contributed by atoms with van der Waals surface area (Å²) in [6, 6.07) is 7.36. The molecule has 5 nitrogen and oxygen atoms in total. The summed E-state index contributed by atoms with van der Waals surface area (Å²) in [6.45, 7) is 5.25. The van der Waals surface area contributed by atoms with Crippen LogP contribution in [0.4, 0.5) is 5.69 Å². The number of anilines is 1. The number of amides is 1. The molecular formula is C13H23N3O2Si. The predicted molar refractivity (Wildman–Crippen MR) is 80.9 cm³/mol. The Morgan fingerprint density at radius 3 is 2.68 bits per heavy atom. The normalized spacial score (nSPS) is 11.2. The van der Waals surface area contributed by atoms with Crippen LogP contribution in [0, 0.1) is 0 Å². The lowest BCUT2D eigenvalue weighted by atomic mass is 10.2. The quantitative estimate of drug-likeness (QED) is 0.440. The van der Waals surface area contributed by atoms with Crippen molar-refractivity contribution in [1.29, 1.82) is 0 Å². The molecule has 4 N–H and O–H groups in total. The second kappa shape index (κ2) is 7.27. The molecule has 0 aliphatic heterocycles. The minimum atomic E-state index is -2.25. The van der Waals surface area contributed by atoms with Crippen LogP contribution in [-0.2, 0) is 0 Å². The first-order chi connectivity index (χ1) is 8.92. The third kappa shape index (κ3) is 6.37. The summed E-state index contributed by atoms with van der Waals surface area (Å²) >= 11 is 0. The van der Waals surface area contributed by atoms with E-state index >= 15 is 0 Å². The van der Waals surface area contributed by atoms with Gasteiger partial charge in [-0.1, -0.05) is 6.07 Å². The molecule has 1 aromatic rings. The molecule has 19 heavy (non-hydrogen) atoms. The summed E-state index contributed by atoms with van der Waals surface area (Å²) in [7, 11) is -0.353. The first-order valence-corrected chi connectivity index (χ1v) is 9.57. The summed E-state index contributed by atoms with van der Waals surface area (Å²) < 4.78 is 0. The summed E-state index contributed by atoms with van der Waals surface area (Å²) in [5, 5.41) is 9.04. The second-order valence-electron chi connectivity index (χ2n) is 5.11. The van der Waals surface area contributed by atoms with E-state index in [9.17, 15) is 9.59 Å². The molecule has 1 rings (SSSR count). The van der Waals surface area contributed by atoms with Gasteiger partial charge in [-0.05, 0) is 38.3 Å². The maximum Gasteiger partial charge on any atom is 0.251 e. The second-order valence-corrected chi connectivity index (χ2v) is 9.08. The minimum Gasteiger partial charge on any atom is -0.431 e. The van der Waals surface area contributed by atoms with Crippen LogP contribution in [-0.4, -0.2) is 45.3 Å². The van der Waals surface area contributed by atoms with Gasteiger partial charge in [0.15, 0.2) is 0 Å². The number of likely N-dealkylation sites (N-methyl/N-ethyl adjacent to an activating group) is 1. The Labute approximate surface area is 115 Å². The van der Waals surface area contributed by atoms with Gasteiger partial charge in [0.2, 0.25) is 8.32 Å². The number of rotatable bonds is 7. The van der Waals surface area contributed by atoms with E-state index < -0.39 is 8.32 Å². The maximum absolute atomic E-state index is 11.9. The van der Waals surface area contributed by atoms with Crippen LogP contribution in [0.1, 0.15) is 10.4 Å². The van der Waals surface area contributed by atoms with Gasteiger partial charge in [-0.2, -0.15) is 0 Å². The topological polar surface area (TPSA) is 73.4 Å². The van der Waals surface area contributed by atoms with E-state index in [2.05, 4.69) is 16.0 Å². The molecule has 6 heteroatoms. The van der Waals surface area contributed by atoms with Crippen molar-refractivity contribution in [2.45, 2.75) is 13.1 Å². The highest BCUT2D eigenvalue weighted by atomic mass is 28.4. The Balaban J connectivity index is 2.57. The highest BCUT2D eigenvalue weighted by molar-refractivity contribution is 6.70. The lowest BCUT2D eigenvalue weighted by molar-refractivity contribution is 0.0958. The lowest BCUT2D eigenvalue weighted by Gasteiger charge is -2.15. The smallest absolute Gasteiger partial charge is 0.251 e. The van der Waals surface area contributed by atoms with Gasteiger partial charge in [0.05, 0.1) is 0 Å². The average Bonchev–Trinajstić information content (AvgIpc) is 2.36. The van der Waals surface area contributed by atoms with Crippen LogP contribution >= 0.6 is 0 Å². The van der Waals surface area contributed by atoms with Crippen LogP contribution < -0.4 is 16.0 Å². The fourth-order valence-corrected chi connectivity index (χ4v) is 2.09. The first-order valence-electron chi connectivity index (χ1n) is 6.41. The van der Waals surface area contributed by atoms with Gasteiger partial charge in [0.25, 0.3) is 5.91 Å². The van der Waals surface area contributed by atoms with Crippen molar-refractivity contribution in [2.75, 3.05) is 31.6 Å². The molecule has 0 spiro atoms. The molecule has 1 amide bonds. The van der Waals surface area contributed by atoms with E-state index in [1.54, 1.807) is 19.2 Å². The number of hydrogen-bond acceptors (Lipinski definition) is 4. The molecule has 0 heterocycles. The Kier molecular flexibility index (Phi) is 6.00. The molecule has 0 aliphatic carbocycles. The van der Waals surface area contributed by atoms with Gasteiger partial charge in [-0.3, -0.25) is 4.79 Å². The van der Waals surface area contributed by atoms with Gasteiger partial charge in [-0.15, -0.1) is 0 Å². The molecule has 0 unspecified atom stereocenters. The van der Waals surface area contributed by atoms with E-state index in [0.29, 0.717) is 11.7 Å². The largest absolute Gasteiger partial charge is 0.431 e. The monoisotopic (exact) mass is 281 g/mol. The Morgan fingerprint density at radius 2 is 2.05 bits per heavy atom. The van der Waals surface area contributed by atoms with E-state index in [4.69, 9.17) is 0 Å². The van der Waals surface area contributed by atoms with Crippen molar-refractivity contribution < 1.29 is 9.59 Å². The molecule has 0 radical (unpaired) electrons. The fraction of sp³-hybridized carbons (Fsp3) is 0.462. The zero-order valence-corrected chi connectivity index (χ0v) is 12.8. The van der Waals surface area contributed by atoms with Crippen LogP contribution in [0.25, 0.3) is 0 Å². The Morgan fingerprint density at radius 1 is 1.32 bits per heavy atom. The van der Waals surface area contributed by atoms with Crippen molar-refractivity contribution in [3.8, 4) is 0 Å². The van der Waals surface area contributed by atoms with Crippen LogP contribution in [0.2, 0.25) is 13.1 Å². The number of nitrogens with one attached hydrogen (secondary N) is 3. The Bertz CT molecular complexity index is 419. The molecule has 0 fully saturated rings. The van der Waals surface area contributed by atoms with Crippen LogP contribution in [0.5, 0.6) is 0 Å². The minimum absolute atomic E-state index is 0.146. The SMILES string of the molecule is CNCCNc1cccc(C(=O)NC[Si](C)(C)O)c1. The van der Waals surface area contributed by atoms with E-state index in [-0.39, 0.29) is 5.91 Å². The van der Waals surface area contributed by atoms with E-state index in [1.165, 1.54) is 0 Å². The predicted octanol–water partition coefficient (Wildman–Crippen LogP) is 0.784. The highest BCUT2D eigenvalue weighted by Gasteiger charge is 2.18. The zero-order valence-electron chi connectivity index (χ0n) is 11.8.